The molecule has 0 aromatic carbocycles. The molecule has 4 rings (SSSR count). The van der Waals surface area contributed by atoms with Gasteiger partial charge in [-0.2, -0.15) is 0 Å². The smallest absolute Gasteiger partial charge is 0.0635 e. The van der Waals surface area contributed by atoms with Crippen LogP contribution >= 0.6 is 0 Å². The molecule has 0 spiro atoms. The van der Waals surface area contributed by atoms with Crippen molar-refractivity contribution in [3.05, 3.63) is 0 Å². The molecule has 4 bridgehead atoms. The SMILES string of the molecule is CC(C)OC1C2CC3CC(C2)CC1C3. The quantitative estimate of drug-likeness (QED) is 0.655. The summed E-state index contributed by atoms with van der Waals surface area (Å²) >= 11 is 0. The molecule has 4 aliphatic rings. The molecule has 1 heteroatoms. The first-order valence-electron chi connectivity index (χ1n) is 6.38. The minimum absolute atomic E-state index is 0.428. The Morgan fingerprint density at radius 2 is 1.36 bits per heavy atom. The van der Waals surface area contributed by atoms with E-state index in [1.807, 2.05) is 0 Å². The van der Waals surface area contributed by atoms with Gasteiger partial charge in [0.05, 0.1) is 12.2 Å². The second-order valence-electron chi connectivity index (χ2n) is 6.08. The Hall–Kier alpha value is -0.0400. The van der Waals surface area contributed by atoms with Crippen molar-refractivity contribution in [1.82, 2.24) is 0 Å². The van der Waals surface area contributed by atoms with Gasteiger partial charge in [-0.3, -0.25) is 0 Å². The van der Waals surface area contributed by atoms with Crippen LogP contribution in [-0.2, 0) is 4.74 Å². The van der Waals surface area contributed by atoms with Crippen LogP contribution in [0.5, 0.6) is 0 Å². The third kappa shape index (κ3) is 1.41. The van der Waals surface area contributed by atoms with Crippen LogP contribution in [0.15, 0.2) is 0 Å². The largest absolute Gasteiger partial charge is 0.375 e. The Balaban J connectivity index is 1.74. The summed E-state index contributed by atoms with van der Waals surface area (Å²) < 4.78 is 6.13. The second-order valence-corrected chi connectivity index (χ2v) is 6.08. The minimum Gasteiger partial charge on any atom is -0.375 e. The predicted molar refractivity (Wildman–Crippen MR) is 57.1 cm³/mol. The zero-order valence-electron chi connectivity index (χ0n) is 9.41. The van der Waals surface area contributed by atoms with Crippen molar-refractivity contribution in [1.29, 1.82) is 0 Å². The van der Waals surface area contributed by atoms with E-state index in [2.05, 4.69) is 13.8 Å². The first-order valence-corrected chi connectivity index (χ1v) is 6.38. The van der Waals surface area contributed by atoms with E-state index >= 15 is 0 Å². The normalized spacial score (nSPS) is 50.4. The fourth-order valence-corrected chi connectivity index (χ4v) is 4.41. The van der Waals surface area contributed by atoms with Crippen molar-refractivity contribution in [3.8, 4) is 0 Å². The van der Waals surface area contributed by atoms with Crippen LogP contribution in [0.2, 0.25) is 0 Å². The van der Waals surface area contributed by atoms with Gasteiger partial charge in [0.15, 0.2) is 0 Å². The highest BCUT2D eigenvalue weighted by Crippen LogP contribution is 2.54. The van der Waals surface area contributed by atoms with Crippen LogP contribution in [0.3, 0.4) is 0 Å². The van der Waals surface area contributed by atoms with Crippen molar-refractivity contribution in [2.24, 2.45) is 23.7 Å². The molecule has 0 atom stereocenters. The average Bonchev–Trinajstić information content (AvgIpc) is 2.09. The van der Waals surface area contributed by atoms with E-state index in [9.17, 15) is 0 Å². The van der Waals surface area contributed by atoms with Crippen molar-refractivity contribution >= 4 is 0 Å². The molecule has 80 valence electrons. The highest BCUT2D eigenvalue weighted by atomic mass is 16.5. The molecule has 0 radical (unpaired) electrons. The molecule has 0 amide bonds. The van der Waals surface area contributed by atoms with E-state index in [0.717, 1.165) is 23.7 Å². The molecular weight excluding hydrogens is 172 g/mol. The van der Waals surface area contributed by atoms with Crippen LogP contribution in [0.1, 0.15) is 46.0 Å². The lowest BCUT2D eigenvalue weighted by molar-refractivity contribution is -0.143. The minimum atomic E-state index is 0.428. The van der Waals surface area contributed by atoms with Gasteiger partial charge in [0.25, 0.3) is 0 Å². The molecule has 4 fully saturated rings. The fourth-order valence-electron chi connectivity index (χ4n) is 4.41. The van der Waals surface area contributed by atoms with Crippen LogP contribution < -0.4 is 0 Å². The van der Waals surface area contributed by atoms with Gasteiger partial charge in [-0.1, -0.05) is 0 Å². The molecule has 0 aliphatic heterocycles. The molecule has 4 aliphatic carbocycles. The highest BCUT2D eigenvalue weighted by Gasteiger charge is 2.48. The molecule has 0 aromatic rings. The molecule has 14 heavy (non-hydrogen) atoms. The lowest BCUT2D eigenvalue weighted by atomic mass is 9.55. The van der Waals surface area contributed by atoms with Gasteiger partial charge in [0.1, 0.15) is 0 Å². The molecule has 0 unspecified atom stereocenters. The van der Waals surface area contributed by atoms with E-state index in [1.165, 1.54) is 25.7 Å². The van der Waals surface area contributed by atoms with E-state index < -0.39 is 0 Å². The van der Waals surface area contributed by atoms with Crippen molar-refractivity contribution in [3.63, 3.8) is 0 Å². The van der Waals surface area contributed by atoms with Crippen LogP contribution in [0.4, 0.5) is 0 Å². The first-order chi connectivity index (χ1) is 6.72. The maximum absolute atomic E-state index is 6.13. The molecule has 1 nitrogen and oxygen atoms in total. The summed E-state index contributed by atoms with van der Waals surface area (Å²) in [5, 5.41) is 0. The lowest BCUT2D eigenvalue weighted by Gasteiger charge is -2.54. The monoisotopic (exact) mass is 194 g/mol. The molecule has 0 N–H and O–H groups in total. The lowest BCUT2D eigenvalue weighted by Crippen LogP contribution is -2.50. The van der Waals surface area contributed by atoms with Gasteiger partial charge in [-0.15, -0.1) is 0 Å². The maximum atomic E-state index is 6.13. The van der Waals surface area contributed by atoms with Gasteiger partial charge in [-0.05, 0) is 69.6 Å². The number of rotatable bonds is 2. The van der Waals surface area contributed by atoms with Crippen LogP contribution in [-0.4, -0.2) is 12.2 Å². The Labute approximate surface area is 87.2 Å². The molecular formula is C13H22O. The zero-order chi connectivity index (χ0) is 9.71. The summed E-state index contributed by atoms with van der Waals surface area (Å²) in [6, 6.07) is 0. The van der Waals surface area contributed by atoms with Gasteiger partial charge in [0.2, 0.25) is 0 Å². The fraction of sp³-hybridized carbons (Fsp3) is 1.00. The second kappa shape index (κ2) is 3.23. The summed E-state index contributed by atoms with van der Waals surface area (Å²) in [7, 11) is 0. The molecule has 4 saturated carbocycles. The Morgan fingerprint density at radius 3 is 1.79 bits per heavy atom. The van der Waals surface area contributed by atoms with E-state index in [0.29, 0.717) is 12.2 Å². The van der Waals surface area contributed by atoms with E-state index in [1.54, 1.807) is 6.42 Å². The van der Waals surface area contributed by atoms with Crippen molar-refractivity contribution in [2.45, 2.75) is 58.2 Å². The first kappa shape index (κ1) is 9.21. The summed E-state index contributed by atoms with van der Waals surface area (Å²) in [5.74, 6) is 4.00. The molecule has 0 aromatic heterocycles. The Morgan fingerprint density at radius 1 is 0.857 bits per heavy atom. The summed E-state index contributed by atoms with van der Waals surface area (Å²) in [6.07, 6.45) is 8.51. The number of ether oxygens (including phenoxy) is 1. The third-order valence-electron chi connectivity index (χ3n) is 4.57. The third-order valence-corrected chi connectivity index (χ3v) is 4.57. The zero-order valence-corrected chi connectivity index (χ0v) is 9.41. The number of hydrogen-bond acceptors (Lipinski definition) is 1. The summed E-state index contributed by atoms with van der Waals surface area (Å²) in [6.45, 7) is 4.37. The summed E-state index contributed by atoms with van der Waals surface area (Å²) in [5.41, 5.74) is 0. The topological polar surface area (TPSA) is 9.23 Å². The van der Waals surface area contributed by atoms with Gasteiger partial charge in [-0.25, -0.2) is 0 Å². The predicted octanol–water partition coefficient (Wildman–Crippen LogP) is 3.24. The highest BCUT2D eigenvalue weighted by molar-refractivity contribution is 4.99. The van der Waals surface area contributed by atoms with Crippen molar-refractivity contribution < 1.29 is 4.74 Å². The van der Waals surface area contributed by atoms with E-state index in [4.69, 9.17) is 4.74 Å². The Kier molecular flexibility index (Phi) is 2.12. The van der Waals surface area contributed by atoms with Gasteiger partial charge in [0, 0.05) is 0 Å². The van der Waals surface area contributed by atoms with Gasteiger partial charge >= 0.3 is 0 Å². The molecule has 0 saturated heterocycles. The van der Waals surface area contributed by atoms with Crippen LogP contribution in [0, 0.1) is 23.7 Å². The van der Waals surface area contributed by atoms with Crippen molar-refractivity contribution in [2.75, 3.05) is 0 Å². The Bertz CT molecular complexity index is 193. The number of hydrogen-bond donors (Lipinski definition) is 0. The average molecular weight is 194 g/mol. The standard InChI is InChI=1S/C13H22O/c1-8(2)14-13-11-4-9-3-10(6-11)7-12(13)5-9/h8-13H,3-7H2,1-2H3. The summed E-state index contributed by atoms with van der Waals surface area (Å²) in [4.78, 5) is 0. The van der Waals surface area contributed by atoms with Crippen LogP contribution in [0.25, 0.3) is 0 Å². The van der Waals surface area contributed by atoms with Gasteiger partial charge < -0.3 is 4.74 Å². The molecule has 0 heterocycles. The maximum Gasteiger partial charge on any atom is 0.0635 e. The van der Waals surface area contributed by atoms with E-state index in [-0.39, 0.29) is 0 Å².